The fourth-order valence-corrected chi connectivity index (χ4v) is 1.75. The Hall–Kier alpha value is -1.09. The minimum atomic E-state index is -5.08. The number of hydrogen-bond donors (Lipinski definition) is 3. The molecule has 0 aromatic heterocycles. The number of nitrogens with zero attached hydrogens (tertiary/aromatic N) is 1. The van der Waals surface area contributed by atoms with Crippen molar-refractivity contribution in [2.75, 3.05) is 26.2 Å². The zero-order chi connectivity index (χ0) is 13.3. The van der Waals surface area contributed by atoms with Crippen LogP contribution in [0.1, 0.15) is 0 Å². The summed E-state index contributed by atoms with van der Waals surface area (Å²) in [4.78, 5) is 10.9. The van der Waals surface area contributed by atoms with Gasteiger partial charge in [0, 0.05) is 31.6 Å². The van der Waals surface area contributed by atoms with Crippen LogP contribution in [0.2, 0.25) is 0 Å². The van der Waals surface area contributed by atoms with Crippen LogP contribution in [-0.2, 0) is 4.79 Å². The lowest BCUT2D eigenvalue weighted by Crippen LogP contribution is -2.72. The number of nitrogens with one attached hydrogen (secondary N) is 1. The summed E-state index contributed by atoms with van der Waals surface area (Å²) in [6.45, 7) is 4.42. The maximum Gasteiger partial charge on any atom is 0.490 e. The largest absolute Gasteiger partial charge is 0.490 e. The molecule has 1 spiro atoms. The number of alkyl halides is 3. The summed E-state index contributed by atoms with van der Waals surface area (Å²) in [7, 11) is 0. The Morgan fingerprint density at radius 1 is 1.41 bits per heavy atom. The highest BCUT2D eigenvalue weighted by atomic mass is 32.1. The van der Waals surface area contributed by atoms with E-state index in [0.29, 0.717) is 10.5 Å². The minimum absolute atomic E-state index is 0.545. The van der Waals surface area contributed by atoms with E-state index in [1.165, 1.54) is 0 Å². The third kappa shape index (κ3) is 3.43. The van der Waals surface area contributed by atoms with Crippen molar-refractivity contribution in [3.63, 3.8) is 0 Å². The third-order valence-electron chi connectivity index (χ3n) is 2.61. The van der Waals surface area contributed by atoms with Crippen molar-refractivity contribution in [3.8, 4) is 0 Å². The molecule has 2 aliphatic rings. The van der Waals surface area contributed by atoms with Crippen LogP contribution < -0.4 is 11.1 Å². The molecule has 0 unspecified atom stereocenters. The van der Waals surface area contributed by atoms with Crippen LogP contribution in [0.3, 0.4) is 0 Å². The zero-order valence-electron chi connectivity index (χ0n) is 8.75. The van der Waals surface area contributed by atoms with Gasteiger partial charge in [-0.1, -0.05) is 0 Å². The highest BCUT2D eigenvalue weighted by Gasteiger charge is 2.47. The Labute approximate surface area is 101 Å². The molecular weight excluding hydrogens is 259 g/mol. The van der Waals surface area contributed by atoms with E-state index in [1.54, 1.807) is 0 Å². The lowest BCUT2D eigenvalue weighted by atomic mass is 9.75. The molecule has 17 heavy (non-hydrogen) atoms. The van der Waals surface area contributed by atoms with E-state index in [-0.39, 0.29) is 0 Å². The van der Waals surface area contributed by atoms with Gasteiger partial charge in [0.15, 0.2) is 5.11 Å². The number of nitrogens with two attached hydrogens (primary N) is 1. The first-order chi connectivity index (χ1) is 7.66. The number of aliphatic carboxylic acids is 1. The molecule has 0 aromatic rings. The van der Waals surface area contributed by atoms with Gasteiger partial charge < -0.3 is 21.1 Å². The molecule has 9 heteroatoms. The smallest absolute Gasteiger partial charge is 0.475 e. The highest BCUT2D eigenvalue weighted by Crippen LogP contribution is 2.33. The molecule has 0 bridgehead atoms. The molecule has 2 heterocycles. The van der Waals surface area contributed by atoms with Crippen LogP contribution in [0.15, 0.2) is 0 Å². The number of halogens is 3. The van der Waals surface area contributed by atoms with Gasteiger partial charge >= 0.3 is 12.1 Å². The molecule has 2 saturated heterocycles. The first kappa shape index (κ1) is 14.0. The quantitative estimate of drug-likeness (QED) is 0.528. The van der Waals surface area contributed by atoms with Crippen LogP contribution in [-0.4, -0.2) is 53.4 Å². The lowest BCUT2D eigenvalue weighted by molar-refractivity contribution is -0.192. The minimum Gasteiger partial charge on any atom is -0.475 e. The molecule has 0 aliphatic carbocycles. The molecular formula is C8H12F3N3O2S. The molecule has 2 aliphatic heterocycles. The van der Waals surface area contributed by atoms with Crippen LogP contribution in [0.4, 0.5) is 13.2 Å². The molecule has 98 valence electrons. The number of carboxylic acids is 1. The van der Waals surface area contributed by atoms with Gasteiger partial charge in [-0.2, -0.15) is 13.2 Å². The van der Waals surface area contributed by atoms with Crippen molar-refractivity contribution in [1.82, 2.24) is 10.2 Å². The van der Waals surface area contributed by atoms with Gasteiger partial charge in [0.2, 0.25) is 0 Å². The normalized spacial score (nSPS) is 20.8. The number of rotatable bonds is 0. The number of hydrogen-bond acceptors (Lipinski definition) is 3. The van der Waals surface area contributed by atoms with Gasteiger partial charge in [0.1, 0.15) is 0 Å². The van der Waals surface area contributed by atoms with Gasteiger partial charge in [-0.05, 0) is 12.2 Å². The summed E-state index contributed by atoms with van der Waals surface area (Å²) >= 11 is 4.83. The standard InChI is InChI=1S/C6H11N3S.C2HF3O2/c7-5(10)9-3-6(4-9)1-8-2-6;3-2(4,5)1(6)7/h8H,1-4H2,(H2,7,10);(H,6,7). The van der Waals surface area contributed by atoms with E-state index in [2.05, 4.69) is 10.2 Å². The Bertz CT molecular complexity index is 322. The first-order valence-electron chi connectivity index (χ1n) is 4.71. The molecule has 2 rings (SSSR count). The molecule has 4 N–H and O–H groups in total. The van der Waals surface area contributed by atoms with Gasteiger partial charge in [-0.25, -0.2) is 4.79 Å². The Morgan fingerprint density at radius 3 is 2.00 bits per heavy atom. The van der Waals surface area contributed by atoms with E-state index < -0.39 is 12.1 Å². The highest BCUT2D eigenvalue weighted by molar-refractivity contribution is 7.80. The van der Waals surface area contributed by atoms with Crippen molar-refractivity contribution in [3.05, 3.63) is 0 Å². The van der Waals surface area contributed by atoms with Crippen LogP contribution in [0, 0.1) is 5.41 Å². The summed E-state index contributed by atoms with van der Waals surface area (Å²) in [5.41, 5.74) is 5.98. The van der Waals surface area contributed by atoms with Crippen molar-refractivity contribution in [2.24, 2.45) is 11.1 Å². The van der Waals surface area contributed by atoms with Gasteiger partial charge in [0.25, 0.3) is 0 Å². The van der Waals surface area contributed by atoms with Crippen LogP contribution in [0.5, 0.6) is 0 Å². The number of carbonyl (C=O) groups is 1. The van der Waals surface area contributed by atoms with Crippen molar-refractivity contribution in [1.29, 1.82) is 0 Å². The second kappa shape index (κ2) is 4.65. The Balaban J connectivity index is 0.000000185. The monoisotopic (exact) mass is 271 g/mol. The maximum absolute atomic E-state index is 10.6. The number of thiocarbonyl (C=S) groups is 1. The predicted molar refractivity (Wildman–Crippen MR) is 57.4 cm³/mol. The molecule has 0 radical (unpaired) electrons. The van der Waals surface area contributed by atoms with Gasteiger partial charge in [-0.3, -0.25) is 0 Å². The Morgan fingerprint density at radius 2 is 1.82 bits per heavy atom. The molecule has 5 nitrogen and oxygen atoms in total. The summed E-state index contributed by atoms with van der Waals surface area (Å²) in [5.74, 6) is -2.76. The fraction of sp³-hybridized carbons (Fsp3) is 0.750. The van der Waals surface area contributed by atoms with E-state index in [4.69, 9.17) is 27.9 Å². The third-order valence-corrected chi connectivity index (χ3v) is 2.86. The second-order valence-electron chi connectivity index (χ2n) is 4.10. The van der Waals surface area contributed by atoms with Crippen LogP contribution in [0.25, 0.3) is 0 Å². The topological polar surface area (TPSA) is 78.6 Å². The van der Waals surface area contributed by atoms with Crippen molar-refractivity contribution < 1.29 is 23.1 Å². The van der Waals surface area contributed by atoms with Crippen molar-refractivity contribution >= 4 is 23.3 Å². The summed E-state index contributed by atoms with van der Waals surface area (Å²) < 4.78 is 31.7. The average Bonchev–Trinajstić information content (AvgIpc) is 1.96. The molecule has 0 aromatic carbocycles. The predicted octanol–water partition coefficient (Wildman–Crippen LogP) is -0.232. The van der Waals surface area contributed by atoms with Crippen molar-refractivity contribution in [2.45, 2.75) is 6.18 Å². The van der Waals surface area contributed by atoms with Gasteiger partial charge in [-0.15, -0.1) is 0 Å². The summed E-state index contributed by atoms with van der Waals surface area (Å²) in [6.07, 6.45) is -5.08. The molecule has 0 amide bonds. The van der Waals surface area contributed by atoms with E-state index in [9.17, 15) is 13.2 Å². The average molecular weight is 271 g/mol. The lowest BCUT2D eigenvalue weighted by Gasteiger charge is -2.56. The first-order valence-corrected chi connectivity index (χ1v) is 5.12. The van der Waals surface area contributed by atoms with E-state index in [0.717, 1.165) is 26.2 Å². The zero-order valence-corrected chi connectivity index (χ0v) is 9.57. The molecule has 0 atom stereocenters. The maximum atomic E-state index is 10.6. The Kier molecular flexibility index (Phi) is 3.82. The molecule has 2 fully saturated rings. The fourth-order valence-electron chi connectivity index (χ4n) is 1.62. The number of carboxylic acid groups (broad SMARTS) is 1. The SMILES string of the molecule is NC(=S)N1CC2(CNC2)C1.O=C(O)C(F)(F)F. The van der Waals surface area contributed by atoms with E-state index in [1.807, 2.05) is 0 Å². The number of likely N-dealkylation sites (tertiary alicyclic amines) is 1. The molecule has 0 saturated carbocycles. The summed E-state index contributed by atoms with van der Waals surface area (Å²) in [6, 6.07) is 0. The van der Waals surface area contributed by atoms with E-state index >= 15 is 0 Å². The summed E-state index contributed by atoms with van der Waals surface area (Å²) in [5, 5.41) is 10.9. The van der Waals surface area contributed by atoms with Crippen LogP contribution >= 0.6 is 12.2 Å². The second-order valence-corrected chi connectivity index (χ2v) is 4.52. The van der Waals surface area contributed by atoms with Gasteiger partial charge in [0.05, 0.1) is 0 Å².